The van der Waals surface area contributed by atoms with Gasteiger partial charge in [-0.05, 0) is 61.4 Å². The fourth-order valence-corrected chi connectivity index (χ4v) is 4.29. The molecule has 0 radical (unpaired) electrons. The number of hydrogen-bond acceptors (Lipinski definition) is 7. The van der Waals surface area contributed by atoms with Gasteiger partial charge in [0, 0.05) is 6.42 Å². The fourth-order valence-electron chi connectivity index (χ4n) is 4.29. The molecule has 0 aliphatic heterocycles. The van der Waals surface area contributed by atoms with Crippen LogP contribution in [-0.2, 0) is 32.0 Å². The van der Waals surface area contributed by atoms with Crippen LogP contribution >= 0.6 is 0 Å². The van der Waals surface area contributed by atoms with Crippen molar-refractivity contribution >= 4 is 23.7 Å². The monoisotopic (exact) mass is 569 g/mol. The molecular weight excluding hydrogens is 526 g/mol. The maximum atomic E-state index is 13.4. The lowest BCUT2D eigenvalue weighted by molar-refractivity contribution is -0.142. The van der Waals surface area contributed by atoms with E-state index in [2.05, 4.69) is 16.0 Å². The number of nitrogens with two attached hydrogens (primary N) is 2. The molecule has 41 heavy (non-hydrogen) atoms. The highest BCUT2D eigenvalue weighted by molar-refractivity contribution is 5.94. The Morgan fingerprint density at radius 2 is 1.41 bits per heavy atom. The number of carboxylic acid groups (broad SMARTS) is 1. The number of aromatic hydroxyl groups is 1. The standard InChI is InChI=1S/C30H43N5O6/c1-3-19(2)26(35-27(37)23(32)17-21-12-14-22(36)15-13-21)29(39)33-24(11-7-8-16-31)28(38)34-25(30(40)41)18-20-9-5-4-6-10-20/h4-6,9-10,12-15,19,23-26,36H,3,7-8,11,16-18,31-32H2,1-2H3,(H,33,39)(H,34,38)(H,35,37)(H,40,41). The van der Waals surface area contributed by atoms with Crippen molar-refractivity contribution in [3.63, 3.8) is 0 Å². The van der Waals surface area contributed by atoms with Crippen molar-refractivity contribution < 1.29 is 29.4 Å². The van der Waals surface area contributed by atoms with Gasteiger partial charge in [-0.2, -0.15) is 0 Å². The summed E-state index contributed by atoms with van der Waals surface area (Å²) < 4.78 is 0. The molecule has 0 heterocycles. The highest BCUT2D eigenvalue weighted by Crippen LogP contribution is 2.13. The number of unbranched alkanes of at least 4 members (excludes halogenated alkanes) is 1. The summed E-state index contributed by atoms with van der Waals surface area (Å²) in [6, 6.07) is 11.1. The summed E-state index contributed by atoms with van der Waals surface area (Å²) in [5.74, 6) is -3.10. The van der Waals surface area contributed by atoms with Gasteiger partial charge in [0.25, 0.3) is 0 Å². The van der Waals surface area contributed by atoms with E-state index in [0.29, 0.717) is 25.8 Å². The van der Waals surface area contributed by atoms with Gasteiger partial charge < -0.3 is 37.6 Å². The first-order valence-corrected chi connectivity index (χ1v) is 14.0. The van der Waals surface area contributed by atoms with Gasteiger partial charge in [-0.1, -0.05) is 62.7 Å². The van der Waals surface area contributed by atoms with Crippen LogP contribution < -0.4 is 27.4 Å². The van der Waals surface area contributed by atoms with Gasteiger partial charge in [0.2, 0.25) is 17.7 Å². The van der Waals surface area contributed by atoms with Crippen LogP contribution in [0, 0.1) is 5.92 Å². The molecule has 11 heteroatoms. The van der Waals surface area contributed by atoms with Gasteiger partial charge in [-0.15, -0.1) is 0 Å². The summed E-state index contributed by atoms with van der Waals surface area (Å²) in [7, 11) is 0. The Kier molecular flexibility index (Phi) is 13.8. The van der Waals surface area contributed by atoms with E-state index in [-0.39, 0.29) is 30.9 Å². The van der Waals surface area contributed by atoms with Crippen LogP contribution in [0.1, 0.15) is 50.7 Å². The zero-order valence-electron chi connectivity index (χ0n) is 23.7. The van der Waals surface area contributed by atoms with Crippen molar-refractivity contribution in [2.75, 3.05) is 6.54 Å². The minimum Gasteiger partial charge on any atom is -0.508 e. The number of carbonyl (C=O) groups excluding carboxylic acids is 3. The average molecular weight is 570 g/mol. The second-order valence-corrected chi connectivity index (χ2v) is 10.3. The Hall–Kier alpha value is -3.96. The topological polar surface area (TPSA) is 197 Å². The van der Waals surface area contributed by atoms with E-state index >= 15 is 0 Å². The molecule has 224 valence electrons. The second kappa shape index (κ2) is 17.0. The van der Waals surface area contributed by atoms with Crippen LogP contribution in [0.3, 0.4) is 0 Å². The number of benzene rings is 2. The van der Waals surface area contributed by atoms with Crippen molar-refractivity contribution in [3.8, 4) is 5.75 Å². The molecule has 0 aliphatic carbocycles. The van der Waals surface area contributed by atoms with E-state index < -0.39 is 47.9 Å². The molecule has 2 aromatic carbocycles. The summed E-state index contributed by atoms with van der Waals surface area (Å²) in [6.45, 7) is 4.08. The molecule has 9 N–H and O–H groups in total. The number of hydrogen-bond donors (Lipinski definition) is 7. The first kappa shape index (κ1) is 33.2. The van der Waals surface area contributed by atoms with Gasteiger partial charge in [0.05, 0.1) is 6.04 Å². The molecule has 2 aromatic rings. The smallest absolute Gasteiger partial charge is 0.326 e. The maximum Gasteiger partial charge on any atom is 0.326 e. The molecule has 0 aromatic heterocycles. The minimum absolute atomic E-state index is 0.0792. The average Bonchev–Trinajstić information content (AvgIpc) is 2.96. The molecule has 3 amide bonds. The van der Waals surface area contributed by atoms with Crippen molar-refractivity contribution in [2.24, 2.45) is 17.4 Å². The minimum atomic E-state index is -1.19. The molecule has 0 fully saturated rings. The van der Waals surface area contributed by atoms with Crippen LogP contribution in [0.25, 0.3) is 0 Å². The molecule has 5 unspecified atom stereocenters. The normalized spacial score (nSPS) is 14.6. The lowest BCUT2D eigenvalue weighted by atomic mass is 9.96. The molecule has 2 rings (SSSR count). The first-order valence-electron chi connectivity index (χ1n) is 14.0. The van der Waals surface area contributed by atoms with Gasteiger partial charge >= 0.3 is 5.97 Å². The summed E-state index contributed by atoms with van der Waals surface area (Å²) in [5.41, 5.74) is 13.2. The van der Waals surface area contributed by atoms with Crippen LogP contribution in [-0.4, -0.2) is 64.6 Å². The van der Waals surface area contributed by atoms with Crippen LogP contribution in [0.2, 0.25) is 0 Å². The van der Waals surface area contributed by atoms with E-state index in [4.69, 9.17) is 11.5 Å². The van der Waals surface area contributed by atoms with Gasteiger partial charge in [-0.25, -0.2) is 4.79 Å². The predicted octanol–water partition coefficient (Wildman–Crippen LogP) is 1.22. The van der Waals surface area contributed by atoms with Crippen molar-refractivity contribution in [1.82, 2.24) is 16.0 Å². The lowest BCUT2D eigenvalue weighted by Crippen LogP contribution is -2.59. The Balaban J connectivity index is 2.14. The van der Waals surface area contributed by atoms with Crippen LogP contribution in [0.4, 0.5) is 0 Å². The number of carboxylic acids is 1. The number of nitrogens with one attached hydrogen (secondary N) is 3. The van der Waals surface area contributed by atoms with E-state index in [1.165, 1.54) is 12.1 Å². The molecule has 0 bridgehead atoms. The SMILES string of the molecule is CCC(C)C(NC(=O)C(N)Cc1ccc(O)cc1)C(=O)NC(CCCCN)C(=O)NC(Cc1ccccc1)C(=O)O. The van der Waals surface area contributed by atoms with Crippen molar-refractivity contribution in [3.05, 3.63) is 65.7 Å². The fraction of sp³-hybridized carbons (Fsp3) is 0.467. The predicted molar refractivity (Wildman–Crippen MR) is 156 cm³/mol. The molecule has 5 atom stereocenters. The first-order chi connectivity index (χ1) is 19.5. The van der Waals surface area contributed by atoms with E-state index in [9.17, 15) is 29.4 Å². The van der Waals surface area contributed by atoms with Crippen molar-refractivity contribution in [1.29, 1.82) is 0 Å². The van der Waals surface area contributed by atoms with E-state index in [0.717, 1.165) is 11.1 Å². The number of phenolic OH excluding ortho intramolecular Hbond substituents is 1. The zero-order chi connectivity index (χ0) is 30.4. The Morgan fingerprint density at radius 3 is 2.00 bits per heavy atom. The molecule has 0 saturated heterocycles. The Bertz CT molecular complexity index is 1130. The van der Waals surface area contributed by atoms with Gasteiger partial charge in [0.15, 0.2) is 0 Å². The Morgan fingerprint density at radius 1 is 0.805 bits per heavy atom. The maximum absolute atomic E-state index is 13.4. The summed E-state index contributed by atoms with van der Waals surface area (Å²) in [5, 5.41) is 27.2. The number of amides is 3. The van der Waals surface area contributed by atoms with E-state index in [1.54, 1.807) is 43.3 Å². The lowest BCUT2D eigenvalue weighted by Gasteiger charge is -2.28. The summed E-state index contributed by atoms with van der Waals surface area (Å²) in [4.78, 5) is 51.6. The van der Waals surface area contributed by atoms with Gasteiger partial charge in [0.1, 0.15) is 23.9 Å². The molecule has 0 aliphatic rings. The third-order valence-corrected chi connectivity index (χ3v) is 7.00. The largest absolute Gasteiger partial charge is 0.508 e. The highest BCUT2D eigenvalue weighted by Gasteiger charge is 2.32. The quantitative estimate of drug-likeness (QED) is 0.138. The second-order valence-electron chi connectivity index (χ2n) is 10.3. The van der Waals surface area contributed by atoms with E-state index in [1.807, 2.05) is 13.0 Å². The number of rotatable bonds is 17. The van der Waals surface area contributed by atoms with Crippen LogP contribution in [0.15, 0.2) is 54.6 Å². The molecular formula is C30H43N5O6. The van der Waals surface area contributed by atoms with Crippen molar-refractivity contribution in [2.45, 2.75) is 76.5 Å². The third-order valence-electron chi connectivity index (χ3n) is 7.00. The molecule has 11 nitrogen and oxygen atoms in total. The summed E-state index contributed by atoms with van der Waals surface area (Å²) in [6.07, 6.45) is 2.23. The number of carbonyl (C=O) groups is 4. The summed E-state index contributed by atoms with van der Waals surface area (Å²) >= 11 is 0. The number of aliphatic carboxylic acids is 1. The third kappa shape index (κ3) is 11.2. The zero-order valence-corrected chi connectivity index (χ0v) is 23.7. The molecule has 0 spiro atoms. The highest BCUT2D eigenvalue weighted by atomic mass is 16.4. The van der Waals surface area contributed by atoms with Gasteiger partial charge in [-0.3, -0.25) is 14.4 Å². The Labute approximate surface area is 241 Å². The van der Waals surface area contributed by atoms with Crippen LogP contribution in [0.5, 0.6) is 5.75 Å². The number of phenols is 1. The molecule has 0 saturated carbocycles.